The zero-order valence-electron chi connectivity index (χ0n) is 9.71. The molecule has 0 aromatic heterocycles. The molecule has 0 radical (unpaired) electrons. The molecule has 4 heteroatoms. The minimum absolute atomic E-state index is 0.218. The van der Waals surface area contributed by atoms with Gasteiger partial charge in [0.2, 0.25) is 0 Å². The molecule has 0 aliphatic heterocycles. The number of benzene rings is 2. The molecule has 0 saturated carbocycles. The first-order chi connectivity index (χ1) is 8.65. The predicted molar refractivity (Wildman–Crippen MR) is 74.7 cm³/mol. The van der Waals surface area contributed by atoms with Crippen molar-refractivity contribution in [1.29, 1.82) is 0 Å². The Morgan fingerprint density at radius 2 is 1.89 bits per heavy atom. The lowest BCUT2D eigenvalue weighted by atomic mass is 10.1. The van der Waals surface area contributed by atoms with E-state index >= 15 is 0 Å². The molecular weight excluding hydrogens is 294 g/mol. The highest BCUT2D eigenvalue weighted by molar-refractivity contribution is 9.10. The third-order valence-corrected chi connectivity index (χ3v) is 3.04. The van der Waals surface area contributed by atoms with Crippen molar-refractivity contribution in [3.8, 4) is 11.5 Å². The lowest BCUT2D eigenvalue weighted by Crippen LogP contribution is -2.18. The summed E-state index contributed by atoms with van der Waals surface area (Å²) in [6, 6.07) is 14.2. The predicted octanol–water partition coefficient (Wildman–Crippen LogP) is 3.23. The van der Waals surface area contributed by atoms with Crippen LogP contribution >= 0.6 is 15.9 Å². The van der Waals surface area contributed by atoms with E-state index < -0.39 is 0 Å². The molecule has 3 N–H and O–H groups in total. The quantitative estimate of drug-likeness (QED) is 0.912. The highest BCUT2D eigenvalue weighted by atomic mass is 79.9. The molecule has 94 valence electrons. The lowest BCUT2D eigenvalue weighted by molar-refractivity contribution is 0.290. The van der Waals surface area contributed by atoms with Crippen LogP contribution in [0.2, 0.25) is 0 Å². The normalized spacial score (nSPS) is 12.1. The van der Waals surface area contributed by atoms with Gasteiger partial charge in [-0.05, 0) is 35.9 Å². The van der Waals surface area contributed by atoms with Crippen LogP contribution in [0.4, 0.5) is 0 Å². The first kappa shape index (κ1) is 12.9. The Balaban J connectivity index is 1.96. The van der Waals surface area contributed by atoms with Crippen LogP contribution in [0.25, 0.3) is 0 Å². The zero-order valence-corrected chi connectivity index (χ0v) is 11.3. The molecule has 1 unspecified atom stereocenters. The summed E-state index contributed by atoms with van der Waals surface area (Å²) in [4.78, 5) is 0. The molecule has 0 bridgehead atoms. The van der Waals surface area contributed by atoms with E-state index in [0.717, 1.165) is 15.8 Å². The van der Waals surface area contributed by atoms with Crippen molar-refractivity contribution in [2.75, 3.05) is 6.61 Å². The van der Waals surface area contributed by atoms with Crippen LogP contribution < -0.4 is 10.5 Å². The Morgan fingerprint density at radius 1 is 1.17 bits per heavy atom. The summed E-state index contributed by atoms with van der Waals surface area (Å²) >= 11 is 3.38. The molecule has 0 spiro atoms. The number of aromatic hydroxyl groups is 1. The van der Waals surface area contributed by atoms with Crippen LogP contribution in [0.3, 0.4) is 0 Å². The van der Waals surface area contributed by atoms with E-state index in [4.69, 9.17) is 10.5 Å². The molecule has 0 amide bonds. The van der Waals surface area contributed by atoms with Crippen LogP contribution in [0.5, 0.6) is 11.5 Å². The number of hydrogen-bond donors (Lipinski definition) is 2. The minimum atomic E-state index is -0.218. The Morgan fingerprint density at radius 3 is 2.56 bits per heavy atom. The van der Waals surface area contributed by atoms with E-state index in [9.17, 15) is 5.11 Å². The fourth-order valence-corrected chi connectivity index (χ4v) is 1.94. The largest absolute Gasteiger partial charge is 0.508 e. The Labute approximate surface area is 114 Å². The second-order valence-corrected chi connectivity index (χ2v) is 4.88. The van der Waals surface area contributed by atoms with Gasteiger partial charge in [-0.1, -0.05) is 34.1 Å². The van der Waals surface area contributed by atoms with Crippen LogP contribution in [0, 0.1) is 0 Å². The van der Waals surface area contributed by atoms with Crippen molar-refractivity contribution in [2.24, 2.45) is 5.73 Å². The third-order valence-electron chi connectivity index (χ3n) is 2.55. The standard InChI is InChI=1S/C14H14BrNO2/c15-11-2-1-3-13(8-11)18-9-14(16)10-4-6-12(17)7-5-10/h1-8,14,17H,9,16H2. The van der Waals surface area contributed by atoms with Crippen LogP contribution in [-0.2, 0) is 0 Å². The van der Waals surface area contributed by atoms with Crippen LogP contribution in [0.15, 0.2) is 53.0 Å². The van der Waals surface area contributed by atoms with E-state index in [-0.39, 0.29) is 11.8 Å². The number of phenolic OH excluding ortho intramolecular Hbond substituents is 1. The first-order valence-corrected chi connectivity index (χ1v) is 6.37. The van der Waals surface area contributed by atoms with Gasteiger partial charge in [0.05, 0.1) is 6.04 Å². The Hall–Kier alpha value is -1.52. The molecule has 0 fully saturated rings. The summed E-state index contributed by atoms with van der Waals surface area (Å²) in [5.74, 6) is 1.01. The Bertz CT molecular complexity index is 513. The van der Waals surface area contributed by atoms with E-state index in [1.54, 1.807) is 24.3 Å². The van der Waals surface area contributed by atoms with Gasteiger partial charge in [0.1, 0.15) is 18.1 Å². The first-order valence-electron chi connectivity index (χ1n) is 5.58. The molecule has 3 nitrogen and oxygen atoms in total. The summed E-state index contributed by atoms with van der Waals surface area (Å²) < 4.78 is 6.59. The van der Waals surface area contributed by atoms with Gasteiger partial charge in [-0.3, -0.25) is 0 Å². The van der Waals surface area contributed by atoms with Gasteiger partial charge in [0, 0.05) is 4.47 Å². The summed E-state index contributed by atoms with van der Waals surface area (Å²) in [5, 5.41) is 9.20. The summed E-state index contributed by atoms with van der Waals surface area (Å²) in [7, 11) is 0. The molecule has 2 rings (SSSR count). The van der Waals surface area contributed by atoms with Crippen molar-refractivity contribution in [3.05, 3.63) is 58.6 Å². The topological polar surface area (TPSA) is 55.5 Å². The number of halogens is 1. The smallest absolute Gasteiger partial charge is 0.120 e. The lowest BCUT2D eigenvalue weighted by Gasteiger charge is -2.13. The molecular formula is C14H14BrNO2. The second-order valence-electron chi connectivity index (χ2n) is 3.97. The van der Waals surface area contributed by atoms with Crippen molar-refractivity contribution < 1.29 is 9.84 Å². The summed E-state index contributed by atoms with van der Waals surface area (Å²) in [6.45, 7) is 0.390. The van der Waals surface area contributed by atoms with Crippen molar-refractivity contribution >= 4 is 15.9 Å². The summed E-state index contributed by atoms with van der Waals surface area (Å²) in [5.41, 5.74) is 6.95. The SMILES string of the molecule is NC(COc1cccc(Br)c1)c1ccc(O)cc1. The molecule has 0 heterocycles. The van der Waals surface area contributed by atoms with Crippen molar-refractivity contribution in [3.63, 3.8) is 0 Å². The summed E-state index contributed by atoms with van der Waals surface area (Å²) in [6.07, 6.45) is 0. The molecule has 0 aliphatic carbocycles. The third kappa shape index (κ3) is 3.48. The molecule has 2 aromatic rings. The maximum atomic E-state index is 9.20. The highest BCUT2D eigenvalue weighted by Crippen LogP contribution is 2.20. The van der Waals surface area contributed by atoms with Crippen LogP contribution in [-0.4, -0.2) is 11.7 Å². The number of ether oxygens (including phenoxy) is 1. The molecule has 0 saturated heterocycles. The van der Waals surface area contributed by atoms with Gasteiger partial charge in [0.15, 0.2) is 0 Å². The van der Waals surface area contributed by atoms with Gasteiger partial charge < -0.3 is 15.6 Å². The van der Waals surface area contributed by atoms with Gasteiger partial charge in [-0.15, -0.1) is 0 Å². The van der Waals surface area contributed by atoms with Gasteiger partial charge >= 0.3 is 0 Å². The molecule has 2 aromatic carbocycles. The highest BCUT2D eigenvalue weighted by Gasteiger charge is 2.07. The van der Waals surface area contributed by atoms with Crippen LogP contribution in [0.1, 0.15) is 11.6 Å². The number of phenols is 1. The molecule has 0 aliphatic rings. The number of nitrogens with two attached hydrogens (primary N) is 1. The fourth-order valence-electron chi connectivity index (χ4n) is 1.56. The van der Waals surface area contributed by atoms with Gasteiger partial charge in [-0.25, -0.2) is 0 Å². The van der Waals surface area contributed by atoms with Crippen molar-refractivity contribution in [1.82, 2.24) is 0 Å². The van der Waals surface area contributed by atoms with Gasteiger partial charge in [0.25, 0.3) is 0 Å². The zero-order chi connectivity index (χ0) is 13.0. The minimum Gasteiger partial charge on any atom is -0.508 e. The Kier molecular flexibility index (Phi) is 4.23. The van der Waals surface area contributed by atoms with E-state index in [2.05, 4.69) is 15.9 Å². The fraction of sp³-hybridized carbons (Fsp3) is 0.143. The average molecular weight is 308 g/mol. The van der Waals surface area contributed by atoms with E-state index in [1.807, 2.05) is 24.3 Å². The number of hydrogen-bond acceptors (Lipinski definition) is 3. The number of rotatable bonds is 4. The maximum Gasteiger partial charge on any atom is 0.120 e. The monoisotopic (exact) mass is 307 g/mol. The maximum absolute atomic E-state index is 9.20. The second kappa shape index (κ2) is 5.89. The average Bonchev–Trinajstić information content (AvgIpc) is 2.37. The van der Waals surface area contributed by atoms with E-state index in [1.165, 1.54) is 0 Å². The van der Waals surface area contributed by atoms with Crippen molar-refractivity contribution in [2.45, 2.75) is 6.04 Å². The molecule has 18 heavy (non-hydrogen) atoms. The van der Waals surface area contributed by atoms with Gasteiger partial charge in [-0.2, -0.15) is 0 Å². The van der Waals surface area contributed by atoms with E-state index in [0.29, 0.717) is 6.61 Å². The molecule has 1 atom stereocenters.